The van der Waals surface area contributed by atoms with Crippen LogP contribution in [0, 0.1) is 11.3 Å². The van der Waals surface area contributed by atoms with E-state index in [1.165, 1.54) is 0 Å². The quantitative estimate of drug-likeness (QED) is 0.402. The van der Waals surface area contributed by atoms with Gasteiger partial charge in [0, 0.05) is 15.2 Å². The van der Waals surface area contributed by atoms with E-state index < -0.39 is 0 Å². The zero-order valence-electron chi connectivity index (χ0n) is 12.4. The fourth-order valence-corrected chi connectivity index (χ4v) is 3.54. The van der Waals surface area contributed by atoms with Crippen LogP contribution < -0.4 is 4.74 Å². The largest absolute Gasteiger partial charge is 0.496 e. The topological polar surface area (TPSA) is 33.0 Å². The molecule has 0 amide bonds. The molecule has 4 aromatic carbocycles. The minimum Gasteiger partial charge on any atom is -0.496 e. The molecular formula is C20H12BrNO. The molecule has 23 heavy (non-hydrogen) atoms. The van der Waals surface area contributed by atoms with Gasteiger partial charge in [0.05, 0.1) is 18.7 Å². The molecule has 0 saturated heterocycles. The first kappa shape index (κ1) is 14.0. The smallest absolute Gasteiger partial charge is 0.126 e. The average molecular weight is 362 g/mol. The minimum absolute atomic E-state index is 0.691. The molecule has 0 fully saturated rings. The molecule has 3 heteroatoms. The molecule has 4 aromatic rings. The standard InChI is InChI=1S/C20H12BrNO/c1-23-20-4-2-3-12-7-14-8-16-13(11-22)5-6-19(21)18(16)10-15(14)9-17(12)20/h2-10H,1H3. The monoisotopic (exact) mass is 361 g/mol. The summed E-state index contributed by atoms with van der Waals surface area (Å²) in [5.74, 6) is 0.870. The summed E-state index contributed by atoms with van der Waals surface area (Å²) in [7, 11) is 1.69. The lowest BCUT2D eigenvalue weighted by Gasteiger charge is -2.10. The van der Waals surface area contributed by atoms with Crippen LogP contribution in [0.3, 0.4) is 0 Å². The molecule has 0 aliphatic heterocycles. The number of hydrogen-bond donors (Lipinski definition) is 0. The molecule has 0 heterocycles. The number of nitriles is 1. The maximum absolute atomic E-state index is 9.36. The molecule has 0 aliphatic rings. The Morgan fingerprint density at radius 2 is 1.61 bits per heavy atom. The second kappa shape index (κ2) is 5.26. The summed E-state index contributed by atoms with van der Waals surface area (Å²) in [6.07, 6.45) is 0. The highest BCUT2D eigenvalue weighted by molar-refractivity contribution is 9.10. The number of benzene rings is 4. The van der Waals surface area contributed by atoms with E-state index in [4.69, 9.17) is 4.74 Å². The van der Waals surface area contributed by atoms with Crippen molar-refractivity contribution >= 4 is 48.2 Å². The van der Waals surface area contributed by atoms with E-state index in [1.807, 2.05) is 24.3 Å². The molecule has 0 atom stereocenters. The fourth-order valence-electron chi connectivity index (χ4n) is 3.08. The van der Waals surface area contributed by atoms with E-state index in [0.29, 0.717) is 5.56 Å². The van der Waals surface area contributed by atoms with Crippen LogP contribution in [0.2, 0.25) is 0 Å². The molecule has 0 unspecified atom stereocenters. The lowest BCUT2D eigenvalue weighted by Crippen LogP contribution is -1.86. The van der Waals surface area contributed by atoms with E-state index in [-0.39, 0.29) is 0 Å². The number of fused-ring (bicyclic) bond motifs is 3. The molecule has 0 bridgehead atoms. The Kier molecular flexibility index (Phi) is 3.21. The van der Waals surface area contributed by atoms with Crippen molar-refractivity contribution in [2.75, 3.05) is 7.11 Å². The van der Waals surface area contributed by atoms with E-state index in [1.54, 1.807) is 7.11 Å². The molecule has 4 rings (SSSR count). The van der Waals surface area contributed by atoms with Crippen LogP contribution in [0.25, 0.3) is 32.3 Å². The van der Waals surface area contributed by atoms with Crippen molar-refractivity contribution in [2.45, 2.75) is 0 Å². The number of methoxy groups -OCH3 is 1. The highest BCUT2D eigenvalue weighted by Crippen LogP contribution is 2.35. The van der Waals surface area contributed by atoms with Crippen molar-refractivity contribution in [1.82, 2.24) is 0 Å². The lowest BCUT2D eigenvalue weighted by molar-refractivity contribution is 0.420. The highest BCUT2D eigenvalue weighted by Gasteiger charge is 2.09. The maximum Gasteiger partial charge on any atom is 0.126 e. The van der Waals surface area contributed by atoms with Crippen LogP contribution in [0.5, 0.6) is 5.75 Å². The van der Waals surface area contributed by atoms with Crippen molar-refractivity contribution in [3.05, 3.63) is 64.6 Å². The summed E-state index contributed by atoms with van der Waals surface area (Å²) >= 11 is 3.59. The second-order valence-electron chi connectivity index (χ2n) is 5.49. The third-order valence-electron chi connectivity index (χ3n) is 4.22. The van der Waals surface area contributed by atoms with E-state index >= 15 is 0 Å². The summed E-state index contributed by atoms with van der Waals surface area (Å²) in [5.41, 5.74) is 0.691. The van der Waals surface area contributed by atoms with Crippen molar-refractivity contribution in [2.24, 2.45) is 0 Å². The van der Waals surface area contributed by atoms with Crippen LogP contribution in [0.4, 0.5) is 0 Å². The number of rotatable bonds is 1. The predicted molar refractivity (Wildman–Crippen MR) is 97.9 cm³/mol. The number of hydrogen-bond acceptors (Lipinski definition) is 2. The number of nitrogens with zero attached hydrogens (tertiary/aromatic N) is 1. The normalized spacial score (nSPS) is 11.0. The van der Waals surface area contributed by atoms with E-state index in [2.05, 4.69) is 52.3 Å². The van der Waals surface area contributed by atoms with Gasteiger partial charge in [-0.15, -0.1) is 0 Å². The van der Waals surface area contributed by atoms with Gasteiger partial charge in [-0.2, -0.15) is 5.26 Å². The molecule has 110 valence electrons. The summed E-state index contributed by atoms with van der Waals surface area (Å²) in [6.45, 7) is 0. The van der Waals surface area contributed by atoms with E-state index in [9.17, 15) is 5.26 Å². The van der Waals surface area contributed by atoms with Crippen molar-refractivity contribution in [3.8, 4) is 11.8 Å². The van der Waals surface area contributed by atoms with Crippen LogP contribution in [-0.2, 0) is 0 Å². The summed E-state index contributed by atoms with van der Waals surface area (Å²) < 4.78 is 6.47. The first-order valence-electron chi connectivity index (χ1n) is 7.24. The van der Waals surface area contributed by atoms with Crippen LogP contribution in [0.1, 0.15) is 5.56 Å². The zero-order valence-corrected chi connectivity index (χ0v) is 14.0. The van der Waals surface area contributed by atoms with Gasteiger partial charge in [0.2, 0.25) is 0 Å². The van der Waals surface area contributed by atoms with Gasteiger partial charge in [-0.1, -0.05) is 28.1 Å². The molecule has 0 spiro atoms. The molecule has 0 radical (unpaired) electrons. The Labute approximate surface area is 142 Å². The van der Waals surface area contributed by atoms with Crippen molar-refractivity contribution < 1.29 is 4.74 Å². The van der Waals surface area contributed by atoms with Gasteiger partial charge >= 0.3 is 0 Å². The van der Waals surface area contributed by atoms with Gasteiger partial charge in [-0.05, 0) is 64.0 Å². The third kappa shape index (κ3) is 2.15. The maximum atomic E-state index is 9.36. The molecule has 0 N–H and O–H groups in total. The molecule has 0 aromatic heterocycles. The number of halogens is 1. The Morgan fingerprint density at radius 1 is 0.870 bits per heavy atom. The highest BCUT2D eigenvalue weighted by atomic mass is 79.9. The van der Waals surface area contributed by atoms with Gasteiger partial charge in [0.15, 0.2) is 0 Å². The minimum atomic E-state index is 0.691. The summed E-state index contributed by atoms with van der Waals surface area (Å²) in [6, 6.07) is 20.6. The predicted octanol–water partition coefficient (Wildman–Crippen LogP) is 5.79. The van der Waals surface area contributed by atoms with Crippen LogP contribution in [0.15, 0.2) is 59.1 Å². The second-order valence-corrected chi connectivity index (χ2v) is 6.34. The SMILES string of the molecule is COc1cccc2cc3cc4c(C#N)ccc(Br)c4cc3cc12. The van der Waals surface area contributed by atoms with Gasteiger partial charge in [-0.25, -0.2) is 0 Å². The average Bonchev–Trinajstić information content (AvgIpc) is 2.58. The van der Waals surface area contributed by atoms with Gasteiger partial charge in [0.25, 0.3) is 0 Å². The molecule has 0 aliphatic carbocycles. The molecule has 0 saturated carbocycles. The van der Waals surface area contributed by atoms with Crippen LogP contribution >= 0.6 is 15.9 Å². The first-order chi connectivity index (χ1) is 11.2. The van der Waals surface area contributed by atoms with Crippen LogP contribution in [-0.4, -0.2) is 7.11 Å². The van der Waals surface area contributed by atoms with Crippen molar-refractivity contribution in [3.63, 3.8) is 0 Å². The Bertz CT molecular complexity index is 1130. The van der Waals surface area contributed by atoms with Crippen molar-refractivity contribution in [1.29, 1.82) is 5.26 Å². The molecule has 2 nitrogen and oxygen atoms in total. The Morgan fingerprint density at radius 3 is 2.39 bits per heavy atom. The first-order valence-corrected chi connectivity index (χ1v) is 8.03. The van der Waals surface area contributed by atoms with Gasteiger partial charge in [0.1, 0.15) is 5.75 Å². The van der Waals surface area contributed by atoms with E-state index in [0.717, 1.165) is 42.5 Å². The van der Waals surface area contributed by atoms with Gasteiger partial charge in [-0.3, -0.25) is 0 Å². The Balaban J connectivity index is 2.17. The van der Waals surface area contributed by atoms with Gasteiger partial charge < -0.3 is 4.74 Å². The fraction of sp³-hybridized carbons (Fsp3) is 0.0500. The zero-order chi connectivity index (χ0) is 16.0. The third-order valence-corrected chi connectivity index (χ3v) is 4.91. The lowest BCUT2D eigenvalue weighted by atomic mass is 9.97. The summed E-state index contributed by atoms with van der Waals surface area (Å²) in [4.78, 5) is 0. The Hall–Kier alpha value is -2.57. The summed E-state index contributed by atoms with van der Waals surface area (Å²) in [5, 5.41) is 15.8. The molecular weight excluding hydrogens is 350 g/mol. The number of ether oxygens (including phenoxy) is 1.